The molecule has 12 heavy (non-hydrogen) atoms. The molecule has 2 heterocycles. The first-order valence-electron chi connectivity index (χ1n) is 3.35. The van der Waals surface area contributed by atoms with Gasteiger partial charge in [-0.2, -0.15) is 14.5 Å². The Labute approximate surface area is 73.0 Å². The minimum atomic E-state index is 0.306. The van der Waals surface area contributed by atoms with Crippen molar-refractivity contribution in [2.45, 2.75) is 0 Å². The highest BCUT2D eigenvalue weighted by Gasteiger charge is 2.05. The highest BCUT2D eigenvalue weighted by atomic mass is 32.1. The minimum Gasteiger partial charge on any atom is -0.367 e. The van der Waals surface area contributed by atoms with Gasteiger partial charge >= 0.3 is 0 Å². The van der Waals surface area contributed by atoms with Crippen LogP contribution in [0.25, 0.3) is 10.7 Å². The Balaban J connectivity index is 2.43. The van der Waals surface area contributed by atoms with Crippen LogP contribution < -0.4 is 5.73 Å². The summed E-state index contributed by atoms with van der Waals surface area (Å²) in [6.45, 7) is 0. The minimum absolute atomic E-state index is 0.306. The number of nitrogens with two attached hydrogens (primary N) is 1. The molecule has 2 aromatic rings. The predicted octanol–water partition coefficient (Wildman–Crippen LogP) is 0.521. The normalized spacial score (nSPS) is 10.4. The molecule has 2 aromatic heterocycles. The summed E-state index contributed by atoms with van der Waals surface area (Å²) in [4.78, 5) is 4.00. The number of hydrogen-bond acceptors (Lipinski definition) is 5. The quantitative estimate of drug-likeness (QED) is 0.696. The first-order valence-corrected chi connectivity index (χ1v) is 4.12. The molecule has 0 fully saturated rings. The molecule has 2 rings (SSSR count). The second kappa shape index (κ2) is 2.56. The Morgan fingerprint density at radius 2 is 2.42 bits per heavy atom. The van der Waals surface area contributed by atoms with Crippen molar-refractivity contribution in [3.05, 3.63) is 12.3 Å². The maximum absolute atomic E-state index is 5.38. The molecule has 0 aliphatic carbocycles. The Hall–Kier alpha value is -1.43. The van der Waals surface area contributed by atoms with Crippen LogP contribution in [0.1, 0.15) is 0 Å². The first-order chi connectivity index (χ1) is 5.75. The average molecular weight is 181 g/mol. The number of nitrogens with zero attached hydrogens (tertiary/aromatic N) is 4. The fourth-order valence-electron chi connectivity index (χ4n) is 0.868. The third kappa shape index (κ3) is 1.16. The summed E-state index contributed by atoms with van der Waals surface area (Å²) in [5, 5.41) is 4.92. The number of aromatic nitrogens is 4. The largest absolute Gasteiger partial charge is 0.367 e. The molecule has 5 nitrogen and oxygen atoms in total. The van der Waals surface area contributed by atoms with Crippen molar-refractivity contribution in [3.8, 4) is 10.7 Å². The van der Waals surface area contributed by atoms with Gasteiger partial charge < -0.3 is 5.73 Å². The van der Waals surface area contributed by atoms with Gasteiger partial charge in [-0.25, -0.2) is 0 Å². The molecule has 62 valence electrons. The third-order valence-corrected chi connectivity index (χ3v) is 2.13. The Morgan fingerprint density at radius 3 is 2.92 bits per heavy atom. The summed E-state index contributed by atoms with van der Waals surface area (Å²) in [7, 11) is 1.86. The molecule has 6 heteroatoms. The van der Waals surface area contributed by atoms with Gasteiger partial charge in [0.15, 0.2) is 5.01 Å². The molecule has 2 N–H and O–H groups in total. The molecule has 0 saturated carbocycles. The summed E-state index contributed by atoms with van der Waals surface area (Å²) >= 11 is 1.25. The van der Waals surface area contributed by atoms with Gasteiger partial charge in [-0.15, -0.1) is 0 Å². The number of rotatable bonds is 1. The van der Waals surface area contributed by atoms with Crippen LogP contribution in [-0.4, -0.2) is 19.1 Å². The van der Waals surface area contributed by atoms with E-state index in [0.29, 0.717) is 5.95 Å². The molecular weight excluding hydrogens is 174 g/mol. The first kappa shape index (κ1) is 7.23. The van der Waals surface area contributed by atoms with Gasteiger partial charge in [0.2, 0.25) is 5.95 Å². The van der Waals surface area contributed by atoms with Gasteiger partial charge in [0.1, 0.15) is 5.69 Å². The van der Waals surface area contributed by atoms with Crippen molar-refractivity contribution in [3.63, 3.8) is 0 Å². The number of nitrogen functional groups attached to an aromatic ring is 1. The van der Waals surface area contributed by atoms with E-state index in [1.807, 2.05) is 19.3 Å². The lowest BCUT2D eigenvalue weighted by Gasteiger charge is -1.85. The lowest BCUT2D eigenvalue weighted by atomic mass is 10.5. The second-order valence-electron chi connectivity index (χ2n) is 2.33. The lowest BCUT2D eigenvalue weighted by molar-refractivity contribution is 0.770. The van der Waals surface area contributed by atoms with Crippen LogP contribution in [0.4, 0.5) is 5.95 Å². The summed E-state index contributed by atoms with van der Waals surface area (Å²) in [5.74, 6) is 0.306. The smallest absolute Gasteiger partial charge is 0.232 e. The van der Waals surface area contributed by atoms with Gasteiger partial charge in [0, 0.05) is 13.2 Å². The van der Waals surface area contributed by atoms with E-state index in [-0.39, 0.29) is 0 Å². The van der Waals surface area contributed by atoms with E-state index in [4.69, 9.17) is 5.73 Å². The lowest BCUT2D eigenvalue weighted by Crippen LogP contribution is -1.88. The van der Waals surface area contributed by atoms with Crippen molar-refractivity contribution < 1.29 is 0 Å². The molecule has 0 amide bonds. The fourth-order valence-corrected chi connectivity index (χ4v) is 1.43. The zero-order chi connectivity index (χ0) is 8.55. The van der Waals surface area contributed by atoms with E-state index in [1.54, 1.807) is 4.68 Å². The van der Waals surface area contributed by atoms with Crippen LogP contribution in [0, 0.1) is 0 Å². The Bertz CT molecular complexity index is 352. The number of hydrogen-bond donors (Lipinski definition) is 1. The summed E-state index contributed by atoms with van der Waals surface area (Å²) in [6.07, 6.45) is 1.85. The molecule has 0 aromatic carbocycles. The van der Waals surface area contributed by atoms with Crippen molar-refractivity contribution >= 4 is 17.5 Å². The topological polar surface area (TPSA) is 69.6 Å². The molecular formula is C6H7N5S. The molecule has 0 spiro atoms. The Morgan fingerprint density at radius 1 is 1.58 bits per heavy atom. The van der Waals surface area contributed by atoms with Gasteiger partial charge in [-0.1, -0.05) is 0 Å². The maximum atomic E-state index is 5.38. The molecule has 0 bridgehead atoms. The molecule has 0 radical (unpaired) electrons. The van der Waals surface area contributed by atoms with Crippen molar-refractivity contribution in [2.24, 2.45) is 7.05 Å². The van der Waals surface area contributed by atoms with E-state index in [0.717, 1.165) is 10.7 Å². The molecule has 0 saturated heterocycles. The molecule has 0 atom stereocenters. The van der Waals surface area contributed by atoms with Crippen molar-refractivity contribution in [1.29, 1.82) is 0 Å². The van der Waals surface area contributed by atoms with Crippen LogP contribution in [-0.2, 0) is 7.05 Å². The number of aryl methyl sites for hydroxylation is 1. The third-order valence-electron chi connectivity index (χ3n) is 1.37. The monoisotopic (exact) mass is 181 g/mol. The van der Waals surface area contributed by atoms with Crippen LogP contribution in [0.15, 0.2) is 12.3 Å². The van der Waals surface area contributed by atoms with Gasteiger partial charge in [-0.3, -0.25) is 4.68 Å². The highest BCUT2D eigenvalue weighted by Crippen LogP contribution is 2.19. The summed E-state index contributed by atoms with van der Waals surface area (Å²) < 4.78 is 5.58. The molecule has 0 unspecified atom stereocenters. The van der Waals surface area contributed by atoms with Crippen molar-refractivity contribution in [1.82, 2.24) is 19.1 Å². The van der Waals surface area contributed by atoms with Crippen molar-refractivity contribution in [2.75, 3.05) is 5.73 Å². The number of anilines is 1. The zero-order valence-corrected chi connectivity index (χ0v) is 7.25. The van der Waals surface area contributed by atoms with Crippen LogP contribution >= 0.6 is 11.5 Å². The van der Waals surface area contributed by atoms with E-state index in [9.17, 15) is 0 Å². The maximum Gasteiger partial charge on any atom is 0.232 e. The zero-order valence-electron chi connectivity index (χ0n) is 6.43. The van der Waals surface area contributed by atoms with E-state index in [2.05, 4.69) is 14.5 Å². The predicted molar refractivity (Wildman–Crippen MR) is 46.5 cm³/mol. The standard InChI is InChI=1S/C6H7N5S/c1-11-3-2-4(9-11)5-8-6(7)10-12-5/h2-3H,1H3,(H2,7,10). The van der Waals surface area contributed by atoms with Gasteiger partial charge in [0.05, 0.1) is 0 Å². The van der Waals surface area contributed by atoms with E-state index >= 15 is 0 Å². The Kier molecular flexibility index (Phi) is 1.54. The fraction of sp³-hybridized carbons (Fsp3) is 0.167. The average Bonchev–Trinajstić information content (AvgIpc) is 2.58. The van der Waals surface area contributed by atoms with Crippen LogP contribution in [0.2, 0.25) is 0 Å². The van der Waals surface area contributed by atoms with E-state index in [1.165, 1.54) is 11.5 Å². The van der Waals surface area contributed by atoms with Gasteiger partial charge in [-0.05, 0) is 17.6 Å². The molecule has 0 aliphatic heterocycles. The highest BCUT2D eigenvalue weighted by molar-refractivity contribution is 7.09. The summed E-state index contributed by atoms with van der Waals surface area (Å²) in [6, 6.07) is 1.87. The molecule has 0 aliphatic rings. The summed E-state index contributed by atoms with van der Waals surface area (Å²) in [5.41, 5.74) is 6.19. The second-order valence-corrected chi connectivity index (χ2v) is 3.08. The van der Waals surface area contributed by atoms with Crippen LogP contribution in [0.3, 0.4) is 0 Å². The van der Waals surface area contributed by atoms with E-state index < -0.39 is 0 Å². The van der Waals surface area contributed by atoms with Crippen LogP contribution in [0.5, 0.6) is 0 Å². The SMILES string of the molecule is Cn1ccc(-c2nc(N)ns2)n1. The van der Waals surface area contributed by atoms with Gasteiger partial charge in [0.25, 0.3) is 0 Å².